The number of aromatic nitrogens is 1. The molecular weight excluding hydrogens is 455 g/mol. The van der Waals surface area contributed by atoms with Gasteiger partial charge < -0.3 is 19.9 Å². The fourth-order valence-electron chi connectivity index (χ4n) is 2.73. The number of aliphatic imine (C=N–C) groups is 1. The number of ether oxygens (including phenoxy) is 1. The maximum atomic E-state index is 5.43. The Morgan fingerprint density at radius 2 is 1.78 bits per heavy atom. The third-order valence-electron chi connectivity index (χ3n) is 4.14. The van der Waals surface area contributed by atoms with Crippen LogP contribution in [-0.2, 0) is 37.3 Å². The van der Waals surface area contributed by atoms with E-state index in [2.05, 4.69) is 65.8 Å². The Hall–Kier alpha value is -1.61. The van der Waals surface area contributed by atoms with Gasteiger partial charge in [-0.05, 0) is 24.5 Å². The second-order valence-corrected chi connectivity index (χ2v) is 6.04. The average Bonchev–Trinajstić information content (AvgIpc) is 3.07. The molecule has 0 saturated carbocycles. The van der Waals surface area contributed by atoms with Crippen LogP contribution in [0, 0.1) is 0 Å². The largest absolute Gasteiger partial charge is 0.380 e. The molecule has 0 aliphatic carbocycles. The smallest absolute Gasteiger partial charge is 0.191 e. The minimum absolute atomic E-state index is 0. The molecule has 150 valence electrons. The van der Waals surface area contributed by atoms with Gasteiger partial charge in [-0.15, -0.1) is 24.0 Å². The average molecular weight is 486 g/mol. The molecule has 0 radical (unpaired) electrons. The Morgan fingerprint density at radius 1 is 1.07 bits per heavy atom. The van der Waals surface area contributed by atoms with E-state index in [4.69, 9.17) is 9.26 Å². The Bertz CT molecular complexity index is 677. The quantitative estimate of drug-likeness (QED) is 0.321. The molecule has 0 aliphatic rings. The Balaban J connectivity index is 0.00000364. The maximum absolute atomic E-state index is 5.43. The van der Waals surface area contributed by atoms with Crippen molar-refractivity contribution in [2.24, 2.45) is 4.99 Å². The number of nitrogens with zero attached hydrogens (tertiary/aromatic N) is 2. The normalized spacial score (nSPS) is 11.2. The van der Waals surface area contributed by atoms with E-state index < -0.39 is 0 Å². The number of methoxy groups -OCH3 is 1. The zero-order chi connectivity index (χ0) is 18.8. The van der Waals surface area contributed by atoms with Gasteiger partial charge in [0.1, 0.15) is 5.76 Å². The van der Waals surface area contributed by atoms with Crippen molar-refractivity contribution in [1.29, 1.82) is 0 Å². The van der Waals surface area contributed by atoms with E-state index in [0.717, 1.165) is 53.5 Å². The van der Waals surface area contributed by atoms with Crippen LogP contribution in [0.15, 0.2) is 33.8 Å². The van der Waals surface area contributed by atoms with Gasteiger partial charge in [0.2, 0.25) is 0 Å². The Kier molecular flexibility index (Phi) is 11.0. The molecule has 0 amide bonds. The third-order valence-corrected chi connectivity index (χ3v) is 4.14. The van der Waals surface area contributed by atoms with Crippen LogP contribution >= 0.6 is 24.0 Å². The van der Waals surface area contributed by atoms with Crippen molar-refractivity contribution >= 4 is 29.9 Å². The number of hydrogen-bond acceptors (Lipinski definition) is 4. The second-order valence-electron chi connectivity index (χ2n) is 6.04. The van der Waals surface area contributed by atoms with Crippen LogP contribution in [0.5, 0.6) is 0 Å². The highest BCUT2D eigenvalue weighted by atomic mass is 127. The summed E-state index contributed by atoms with van der Waals surface area (Å²) in [7, 11) is 1.70. The van der Waals surface area contributed by atoms with E-state index in [0.29, 0.717) is 19.7 Å². The molecule has 0 fully saturated rings. The lowest BCUT2D eigenvalue weighted by atomic mass is 10.1. The van der Waals surface area contributed by atoms with Crippen molar-refractivity contribution < 1.29 is 9.26 Å². The highest BCUT2D eigenvalue weighted by Gasteiger charge is 2.13. The molecule has 0 bridgehead atoms. The fourth-order valence-corrected chi connectivity index (χ4v) is 2.73. The van der Waals surface area contributed by atoms with Gasteiger partial charge in [0.05, 0.1) is 18.8 Å². The Morgan fingerprint density at radius 3 is 2.37 bits per heavy atom. The second kappa shape index (κ2) is 12.7. The van der Waals surface area contributed by atoms with E-state index in [9.17, 15) is 0 Å². The van der Waals surface area contributed by atoms with E-state index in [1.54, 1.807) is 7.11 Å². The van der Waals surface area contributed by atoms with Gasteiger partial charge in [-0.1, -0.05) is 43.3 Å². The van der Waals surface area contributed by atoms with E-state index in [-0.39, 0.29) is 24.0 Å². The van der Waals surface area contributed by atoms with Crippen LogP contribution < -0.4 is 10.6 Å². The predicted molar refractivity (Wildman–Crippen MR) is 119 cm³/mol. The van der Waals surface area contributed by atoms with E-state index in [1.807, 2.05) is 0 Å². The molecule has 2 rings (SSSR count). The number of hydrogen-bond donors (Lipinski definition) is 2. The van der Waals surface area contributed by atoms with Crippen molar-refractivity contribution in [1.82, 2.24) is 15.8 Å². The lowest BCUT2D eigenvalue weighted by Crippen LogP contribution is -2.37. The third kappa shape index (κ3) is 7.14. The monoisotopic (exact) mass is 486 g/mol. The summed E-state index contributed by atoms with van der Waals surface area (Å²) < 4.78 is 10.6. The summed E-state index contributed by atoms with van der Waals surface area (Å²) in [4.78, 5) is 4.68. The van der Waals surface area contributed by atoms with Crippen LogP contribution in [0.4, 0.5) is 0 Å². The van der Waals surface area contributed by atoms with Crippen LogP contribution in [0.25, 0.3) is 0 Å². The van der Waals surface area contributed by atoms with Crippen molar-refractivity contribution in [3.8, 4) is 0 Å². The van der Waals surface area contributed by atoms with Crippen LogP contribution in [-0.4, -0.2) is 24.8 Å². The van der Waals surface area contributed by atoms with Crippen molar-refractivity contribution in [2.45, 2.75) is 53.3 Å². The zero-order valence-electron chi connectivity index (χ0n) is 16.7. The first-order chi connectivity index (χ1) is 12.7. The number of nitrogens with one attached hydrogen (secondary N) is 2. The van der Waals surface area contributed by atoms with Crippen molar-refractivity contribution in [2.75, 3.05) is 13.7 Å². The van der Waals surface area contributed by atoms with Gasteiger partial charge in [-0.2, -0.15) is 0 Å². The molecule has 2 aromatic rings. The molecule has 0 unspecified atom stereocenters. The summed E-state index contributed by atoms with van der Waals surface area (Å²) in [5, 5.41) is 10.8. The molecule has 1 aromatic carbocycles. The first-order valence-electron chi connectivity index (χ1n) is 9.26. The highest BCUT2D eigenvalue weighted by molar-refractivity contribution is 14.0. The summed E-state index contributed by atoms with van der Waals surface area (Å²) in [6.07, 6.45) is 1.70. The number of aryl methyl sites for hydroxylation is 2. The number of rotatable bonds is 9. The van der Waals surface area contributed by atoms with Gasteiger partial charge in [0, 0.05) is 32.2 Å². The SMILES string of the molecule is CCNC(=NCc1ccc(COC)cc1)NCc1c(CC)noc1CC.I. The molecular formula is C20H31IN4O2. The molecule has 6 nitrogen and oxygen atoms in total. The topological polar surface area (TPSA) is 71.7 Å². The molecule has 0 spiro atoms. The highest BCUT2D eigenvalue weighted by Crippen LogP contribution is 2.15. The van der Waals surface area contributed by atoms with Gasteiger partial charge in [0.15, 0.2) is 5.96 Å². The minimum atomic E-state index is 0. The van der Waals surface area contributed by atoms with Gasteiger partial charge in [-0.25, -0.2) is 4.99 Å². The first kappa shape index (κ1) is 23.4. The number of benzene rings is 1. The summed E-state index contributed by atoms with van der Waals surface area (Å²) in [6, 6.07) is 8.33. The molecule has 1 aromatic heterocycles. The van der Waals surface area contributed by atoms with Gasteiger partial charge in [-0.3, -0.25) is 0 Å². The maximum Gasteiger partial charge on any atom is 0.191 e. The molecule has 1 heterocycles. The standard InChI is InChI=1S/C20H30N4O2.HI/c1-5-18-17(19(6-2)26-24-18)13-23-20(21-7-3)22-12-15-8-10-16(11-9-15)14-25-4;/h8-11H,5-7,12-14H2,1-4H3,(H2,21,22,23);1H. The molecule has 7 heteroatoms. The molecule has 0 aliphatic heterocycles. The lowest BCUT2D eigenvalue weighted by Gasteiger charge is -2.12. The molecule has 27 heavy (non-hydrogen) atoms. The number of halogens is 1. The van der Waals surface area contributed by atoms with E-state index in [1.165, 1.54) is 0 Å². The summed E-state index contributed by atoms with van der Waals surface area (Å²) in [6.45, 7) is 8.95. The van der Waals surface area contributed by atoms with Crippen LogP contribution in [0.3, 0.4) is 0 Å². The molecule has 0 saturated heterocycles. The zero-order valence-corrected chi connectivity index (χ0v) is 19.0. The van der Waals surface area contributed by atoms with Gasteiger partial charge >= 0.3 is 0 Å². The van der Waals surface area contributed by atoms with Crippen molar-refractivity contribution in [3.05, 3.63) is 52.4 Å². The summed E-state index contributed by atoms with van der Waals surface area (Å²) in [5.74, 6) is 1.73. The van der Waals surface area contributed by atoms with E-state index >= 15 is 0 Å². The van der Waals surface area contributed by atoms with Crippen LogP contribution in [0.2, 0.25) is 0 Å². The van der Waals surface area contributed by atoms with Gasteiger partial charge in [0.25, 0.3) is 0 Å². The predicted octanol–water partition coefficient (Wildman–Crippen LogP) is 3.82. The molecule has 2 N–H and O–H groups in total. The number of guanidine groups is 1. The van der Waals surface area contributed by atoms with Crippen molar-refractivity contribution in [3.63, 3.8) is 0 Å². The molecule has 0 atom stereocenters. The minimum Gasteiger partial charge on any atom is -0.380 e. The van der Waals surface area contributed by atoms with Crippen LogP contribution in [0.1, 0.15) is 48.9 Å². The summed E-state index contributed by atoms with van der Waals surface area (Å²) in [5.41, 5.74) is 4.48. The lowest BCUT2D eigenvalue weighted by molar-refractivity contribution is 0.185. The first-order valence-corrected chi connectivity index (χ1v) is 9.26. The fraction of sp³-hybridized carbons (Fsp3) is 0.500. The summed E-state index contributed by atoms with van der Waals surface area (Å²) >= 11 is 0. The Labute approximate surface area is 179 Å².